The predicted octanol–water partition coefficient (Wildman–Crippen LogP) is 0.338. The summed E-state index contributed by atoms with van der Waals surface area (Å²) in [6.45, 7) is 4.76. The highest BCUT2D eigenvalue weighted by atomic mass is 16.3. The number of carbonyl (C=O) groups is 1. The number of hydrogen-bond donors (Lipinski definition) is 4. The molecule has 24 heavy (non-hydrogen) atoms. The molecule has 2 saturated heterocycles. The lowest BCUT2D eigenvalue weighted by Crippen LogP contribution is -2.48. The Kier molecular flexibility index (Phi) is 4.20. The van der Waals surface area contributed by atoms with Gasteiger partial charge < -0.3 is 26.0 Å². The van der Waals surface area contributed by atoms with Crippen molar-refractivity contribution in [3.05, 3.63) is 35.4 Å². The minimum Gasteiger partial charge on any atom is -0.390 e. The van der Waals surface area contributed by atoms with Gasteiger partial charge >= 0.3 is 6.03 Å². The van der Waals surface area contributed by atoms with Gasteiger partial charge in [-0.3, -0.25) is 0 Å². The molecule has 0 aromatic heterocycles. The Bertz CT molecular complexity index is 615. The van der Waals surface area contributed by atoms with E-state index in [1.54, 1.807) is 0 Å². The van der Waals surface area contributed by atoms with Crippen molar-refractivity contribution in [1.82, 2.24) is 20.9 Å². The zero-order valence-electron chi connectivity index (χ0n) is 13.9. The zero-order valence-corrected chi connectivity index (χ0v) is 13.9. The minimum atomic E-state index is -0.413. The van der Waals surface area contributed by atoms with Crippen LogP contribution in [-0.4, -0.2) is 61.4 Å². The quantitative estimate of drug-likeness (QED) is 0.642. The van der Waals surface area contributed by atoms with Gasteiger partial charge in [0.25, 0.3) is 0 Å². The van der Waals surface area contributed by atoms with Gasteiger partial charge in [0.05, 0.1) is 12.1 Å². The largest absolute Gasteiger partial charge is 0.390 e. The highest BCUT2D eigenvalue weighted by Gasteiger charge is 2.51. The van der Waals surface area contributed by atoms with Gasteiger partial charge in [-0.25, -0.2) is 4.79 Å². The van der Waals surface area contributed by atoms with Crippen LogP contribution in [0.15, 0.2) is 24.3 Å². The van der Waals surface area contributed by atoms with Crippen molar-refractivity contribution in [2.24, 2.45) is 0 Å². The van der Waals surface area contributed by atoms with E-state index < -0.39 is 6.10 Å². The molecule has 0 radical (unpaired) electrons. The fraction of sp³-hybridized carbons (Fsp3) is 0.611. The maximum atomic E-state index is 11.6. The first-order valence-corrected chi connectivity index (χ1v) is 8.97. The summed E-state index contributed by atoms with van der Waals surface area (Å²) < 4.78 is 0. The third-order valence-corrected chi connectivity index (χ3v) is 5.90. The van der Waals surface area contributed by atoms with Crippen molar-refractivity contribution >= 4 is 6.03 Å². The second kappa shape index (κ2) is 6.35. The number of urea groups is 1. The third kappa shape index (κ3) is 2.49. The number of fused-ring (bicyclic) bond motifs is 2. The van der Waals surface area contributed by atoms with E-state index in [9.17, 15) is 9.90 Å². The number of benzene rings is 1. The molecule has 0 bridgehead atoms. The fourth-order valence-electron chi connectivity index (χ4n) is 4.61. The first-order chi connectivity index (χ1) is 11.7. The van der Waals surface area contributed by atoms with Crippen molar-refractivity contribution in [3.63, 3.8) is 0 Å². The molecule has 3 aliphatic rings. The smallest absolute Gasteiger partial charge is 0.317 e. The van der Waals surface area contributed by atoms with Crippen molar-refractivity contribution < 1.29 is 9.90 Å². The SMILES string of the molecule is O=C1NCCN1CCN[C@@H]1c2ccccc2C2(CCNCC2)[C@H]1O. The van der Waals surface area contributed by atoms with Crippen LogP contribution in [0.4, 0.5) is 4.79 Å². The van der Waals surface area contributed by atoms with Gasteiger partial charge in [-0.1, -0.05) is 24.3 Å². The molecular formula is C18H26N4O2. The third-order valence-electron chi connectivity index (χ3n) is 5.90. The van der Waals surface area contributed by atoms with Crippen molar-refractivity contribution in [2.75, 3.05) is 39.3 Å². The molecule has 1 spiro atoms. The molecule has 0 saturated carbocycles. The first-order valence-electron chi connectivity index (χ1n) is 8.97. The molecule has 6 nitrogen and oxygen atoms in total. The molecule has 2 atom stereocenters. The van der Waals surface area contributed by atoms with Gasteiger partial charge in [-0.15, -0.1) is 0 Å². The van der Waals surface area contributed by atoms with Gasteiger partial charge in [0.15, 0.2) is 0 Å². The lowest BCUT2D eigenvalue weighted by molar-refractivity contribution is 0.0441. The van der Waals surface area contributed by atoms with E-state index in [4.69, 9.17) is 0 Å². The second-order valence-corrected chi connectivity index (χ2v) is 7.09. The van der Waals surface area contributed by atoms with Crippen LogP contribution in [0.5, 0.6) is 0 Å². The lowest BCUT2D eigenvalue weighted by Gasteiger charge is -2.39. The normalized spacial score (nSPS) is 28.2. The summed E-state index contributed by atoms with van der Waals surface area (Å²) in [4.78, 5) is 13.5. The van der Waals surface area contributed by atoms with Crippen molar-refractivity contribution in [1.29, 1.82) is 0 Å². The Morgan fingerprint density at radius 2 is 2.04 bits per heavy atom. The molecule has 1 aliphatic carbocycles. The van der Waals surface area contributed by atoms with Crippen LogP contribution in [0.1, 0.15) is 30.0 Å². The molecule has 2 aliphatic heterocycles. The van der Waals surface area contributed by atoms with Gasteiger partial charge in [0, 0.05) is 31.6 Å². The summed E-state index contributed by atoms with van der Waals surface area (Å²) in [5, 5.41) is 20.9. The van der Waals surface area contributed by atoms with Crippen LogP contribution in [0, 0.1) is 0 Å². The van der Waals surface area contributed by atoms with Crippen molar-refractivity contribution in [3.8, 4) is 0 Å². The fourth-order valence-corrected chi connectivity index (χ4v) is 4.61. The highest BCUT2D eigenvalue weighted by Crippen LogP contribution is 2.49. The molecule has 130 valence electrons. The number of amides is 2. The van der Waals surface area contributed by atoms with Gasteiger partial charge in [0.1, 0.15) is 0 Å². The van der Waals surface area contributed by atoms with E-state index in [0.29, 0.717) is 13.1 Å². The minimum absolute atomic E-state index is 0.0130. The van der Waals surface area contributed by atoms with E-state index >= 15 is 0 Å². The van der Waals surface area contributed by atoms with Crippen LogP contribution in [0.3, 0.4) is 0 Å². The molecule has 2 fully saturated rings. The summed E-state index contributed by atoms with van der Waals surface area (Å²) in [6, 6.07) is 8.40. The molecule has 1 aromatic carbocycles. The average Bonchev–Trinajstić information content (AvgIpc) is 3.12. The van der Waals surface area contributed by atoms with E-state index in [0.717, 1.165) is 39.0 Å². The Balaban J connectivity index is 1.50. The summed E-state index contributed by atoms with van der Waals surface area (Å²) >= 11 is 0. The van der Waals surface area contributed by atoms with E-state index in [2.05, 4.69) is 34.1 Å². The summed E-state index contributed by atoms with van der Waals surface area (Å²) in [6.07, 6.45) is 1.53. The average molecular weight is 330 g/mol. The molecule has 4 rings (SSSR count). The highest BCUT2D eigenvalue weighted by molar-refractivity contribution is 5.76. The molecule has 4 N–H and O–H groups in total. The molecular weight excluding hydrogens is 304 g/mol. The van der Waals surface area contributed by atoms with Crippen molar-refractivity contribution in [2.45, 2.75) is 30.4 Å². The van der Waals surface area contributed by atoms with Crippen LogP contribution in [-0.2, 0) is 5.41 Å². The second-order valence-electron chi connectivity index (χ2n) is 7.09. The number of aliphatic hydroxyl groups is 1. The van der Waals surface area contributed by atoms with Crippen LogP contribution in [0.25, 0.3) is 0 Å². The number of rotatable bonds is 4. The Morgan fingerprint density at radius 1 is 1.25 bits per heavy atom. The van der Waals surface area contributed by atoms with E-state index in [-0.39, 0.29) is 17.5 Å². The lowest BCUT2D eigenvalue weighted by atomic mass is 9.72. The molecule has 6 heteroatoms. The van der Waals surface area contributed by atoms with Crippen LogP contribution >= 0.6 is 0 Å². The Hall–Kier alpha value is -1.63. The number of nitrogens with zero attached hydrogens (tertiary/aromatic N) is 1. The number of aliphatic hydroxyl groups excluding tert-OH is 1. The standard InChI is InChI=1S/C18H26N4O2/c23-16-15(20-9-11-22-12-10-21-17(22)24)13-3-1-2-4-14(13)18(16)5-7-19-8-6-18/h1-4,15-16,19-20,23H,5-12H2,(H,21,24)/t15-,16+/m1/s1. The molecule has 0 unspecified atom stereocenters. The number of carbonyl (C=O) groups excluding carboxylic acids is 1. The van der Waals surface area contributed by atoms with E-state index in [1.165, 1.54) is 11.1 Å². The van der Waals surface area contributed by atoms with E-state index in [1.807, 2.05) is 11.0 Å². The molecule has 2 heterocycles. The van der Waals surface area contributed by atoms with Gasteiger partial charge in [-0.05, 0) is 37.1 Å². The summed E-state index contributed by atoms with van der Waals surface area (Å²) in [7, 11) is 0. The topological polar surface area (TPSA) is 76.6 Å². The summed E-state index contributed by atoms with van der Waals surface area (Å²) in [5.74, 6) is 0. The zero-order chi connectivity index (χ0) is 16.6. The maximum absolute atomic E-state index is 11.6. The Morgan fingerprint density at radius 3 is 2.79 bits per heavy atom. The maximum Gasteiger partial charge on any atom is 0.317 e. The summed E-state index contributed by atoms with van der Waals surface area (Å²) in [5.41, 5.74) is 2.39. The first kappa shape index (κ1) is 15.9. The number of nitrogens with one attached hydrogen (secondary N) is 3. The van der Waals surface area contributed by atoms with Gasteiger partial charge in [0.2, 0.25) is 0 Å². The van der Waals surface area contributed by atoms with Crippen LogP contribution in [0.2, 0.25) is 0 Å². The molecule has 1 aromatic rings. The van der Waals surface area contributed by atoms with Crippen LogP contribution < -0.4 is 16.0 Å². The predicted molar refractivity (Wildman–Crippen MR) is 91.9 cm³/mol. The number of piperidine rings is 1. The molecule has 2 amide bonds. The van der Waals surface area contributed by atoms with Gasteiger partial charge in [-0.2, -0.15) is 0 Å². The Labute approximate surface area is 142 Å². The monoisotopic (exact) mass is 330 g/mol. The number of hydrogen-bond acceptors (Lipinski definition) is 4.